The zero-order valence-corrected chi connectivity index (χ0v) is 11.3. The first-order chi connectivity index (χ1) is 8.63. The number of hydrogen-bond acceptors (Lipinski definition) is 6. The molecule has 1 heterocycles. The van der Waals surface area contributed by atoms with E-state index in [9.17, 15) is 9.59 Å². The van der Waals surface area contributed by atoms with Gasteiger partial charge < -0.3 is 20.5 Å². The molecule has 1 aliphatic heterocycles. The van der Waals surface area contributed by atoms with E-state index >= 15 is 0 Å². The molecule has 0 saturated carbocycles. The first kappa shape index (κ1) is 15.3. The molecule has 1 amide bonds. The van der Waals surface area contributed by atoms with Gasteiger partial charge in [0.1, 0.15) is 6.04 Å². The van der Waals surface area contributed by atoms with Crippen molar-refractivity contribution < 1.29 is 19.1 Å². The summed E-state index contributed by atoms with van der Waals surface area (Å²) in [5, 5.41) is 2.94. The summed E-state index contributed by atoms with van der Waals surface area (Å²) in [5.41, 5.74) is 5.55. The van der Waals surface area contributed by atoms with Crippen LogP contribution in [0.4, 0.5) is 0 Å². The van der Waals surface area contributed by atoms with E-state index in [1.165, 1.54) is 18.9 Å². The molecule has 0 bridgehead atoms. The Kier molecular flexibility index (Phi) is 7.07. The zero-order chi connectivity index (χ0) is 13.4. The Morgan fingerprint density at radius 2 is 2.17 bits per heavy atom. The van der Waals surface area contributed by atoms with Crippen LogP contribution in [0.25, 0.3) is 0 Å². The lowest BCUT2D eigenvalue weighted by atomic mass is 10.1. The fourth-order valence-electron chi connectivity index (χ4n) is 1.61. The van der Waals surface area contributed by atoms with Crippen LogP contribution >= 0.6 is 11.8 Å². The Morgan fingerprint density at radius 1 is 1.50 bits per heavy atom. The van der Waals surface area contributed by atoms with Gasteiger partial charge in [0, 0.05) is 25.0 Å². The maximum absolute atomic E-state index is 11.6. The van der Waals surface area contributed by atoms with Gasteiger partial charge in [0.25, 0.3) is 0 Å². The summed E-state index contributed by atoms with van der Waals surface area (Å²) in [4.78, 5) is 22.6. The summed E-state index contributed by atoms with van der Waals surface area (Å²) in [6, 6.07) is -0.461. The number of amides is 1. The second kappa shape index (κ2) is 8.34. The number of rotatable bonds is 6. The quantitative estimate of drug-likeness (QED) is 0.637. The number of nitrogens with two attached hydrogens (primary N) is 1. The average Bonchev–Trinajstić information content (AvgIpc) is 2.38. The molecular formula is C11H20N2O4S. The third-order valence-corrected chi connectivity index (χ3v) is 3.68. The Morgan fingerprint density at radius 3 is 2.78 bits per heavy atom. The van der Waals surface area contributed by atoms with Gasteiger partial charge in [-0.15, -0.1) is 11.8 Å². The fourth-order valence-corrected chi connectivity index (χ4v) is 2.39. The number of thioether (sulfide) groups is 1. The number of esters is 1. The molecule has 0 spiro atoms. The zero-order valence-electron chi connectivity index (χ0n) is 10.5. The van der Waals surface area contributed by atoms with Gasteiger partial charge >= 0.3 is 5.97 Å². The second-order valence-electron chi connectivity index (χ2n) is 4.10. The van der Waals surface area contributed by atoms with Crippen LogP contribution in [-0.4, -0.2) is 55.8 Å². The normalized spacial score (nSPS) is 18.1. The summed E-state index contributed by atoms with van der Waals surface area (Å²) >= 11 is 1.33. The van der Waals surface area contributed by atoms with Crippen LogP contribution in [-0.2, 0) is 19.1 Å². The smallest absolute Gasteiger partial charge is 0.323 e. The van der Waals surface area contributed by atoms with Crippen molar-refractivity contribution in [1.29, 1.82) is 0 Å². The SMILES string of the molecule is COC(=O)C(N)CSCC(=O)NC1CCOCC1. The highest BCUT2D eigenvalue weighted by Gasteiger charge is 2.17. The standard InChI is InChI=1S/C11H20N2O4S/c1-16-11(15)9(12)6-18-7-10(14)13-8-2-4-17-5-3-8/h8-9H,2-7,12H2,1H3,(H,13,14). The molecule has 0 aromatic heterocycles. The summed E-state index contributed by atoms with van der Waals surface area (Å²) in [6.07, 6.45) is 1.72. The first-order valence-electron chi connectivity index (χ1n) is 5.91. The second-order valence-corrected chi connectivity index (χ2v) is 5.13. The maximum Gasteiger partial charge on any atom is 0.323 e. The molecule has 1 unspecified atom stereocenters. The largest absolute Gasteiger partial charge is 0.468 e. The molecule has 7 heteroatoms. The molecule has 1 rings (SSSR count). The molecule has 0 radical (unpaired) electrons. The van der Waals surface area contributed by atoms with E-state index in [1.807, 2.05) is 0 Å². The molecule has 0 aromatic carbocycles. The third-order valence-electron chi connectivity index (χ3n) is 2.62. The van der Waals surface area contributed by atoms with Gasteiger partial charge in [0.15, 0.2) is 0 Å². The van der Waals surface area contributed by atoms with Crippen molar-refractivity contribution in [2.24, 2.45) is 5.73 Å². The summed E-state index contributed by atoms with van der Waals surface area (Å²) < 4.78 is 9.71. The predicted octanol–water partition coefficient (Wildman–Crippen LogP) is -0.485. The van der Waals surface area contributed by atoms with E-state index in [4.69, 9.17) is 10.5 Å². The van der Waals surface area contributed by atoms with Crippen LogP contribution in [0.5, 0.6) is 0 Å². The molecule has 18 heavy (non-hydrogen) atoms. The van der Waals surface area contributed by atoms with Crippen molar-refractivity contribution >= 4 is 23.6 Å². The highest BCUT2D eigenvalue weighted by molar-refractivity contribution is 8.00. The molecule has 1 saturated heterocycles. The lowest BCUT2D eigenvalue weighted by Gasteiger charge is -2.23. The summed E-state index contributed by atoms with van der Waals surface area (Å²) in [6.45, 7) is 1.40. The summed E-state index contributed by atoms with van der Waals surface area (Å²) in [5.74, 6) is 0.215. The molecule has 0 aliphatic carbocycles. The van der Waals surface area contributed by atoms with Gasteiger partial charge in [-0.1, -0.05) is 0 Å². The minimum absolute atomic E-state index is 0.0241. The predicted molar refractivity (Wildman–Crippen MR) is 69.3 cm³/mol. The number of carbonyl (C=O) groups excluding carboxylic acids is 2. The lowest BCUT2D eigenvalue weighted by Crippen LogP contribution is -2.40. The van der Waals surface area contributed by atoms with Crippen molar-refractivity contribution in [2.45, 2.75) is 24.9 Å². The van der Waals surface area contributed by atoms with Gasteiger partial charge in [-0.25, -0.2) is 0 Å². The van der Waals surface area contributed by atoms with Crippen molar-refractivity contribution in [2.75, 3.05) is 31.8 Å². The lowest BCUT2D eigenvalue weighted by molar-refractivity contribution is -0.141. The molecule has 1 fully saturated rings. The number of ether oxygens (including phenoxy) is 2. The highest BCUT2D eigenvalue weighted by Crippen LogP contribution is 2.07. The van der Waals surface area contributed by atoms with Crippen LogP contribution in [0.2, 0.25) is 0 Å². The highest BCUT2D eigenvalue weighted by atomic mass is 32.2. The molecule has 6 nitrogen and oxygen atoms in total. The minimum atomic E-state index is -0.670. The number of carbonyl (C=O) groups is 2. The van der Waals surface area contributed by atoms with Gasteiger partial charge in [-0.05, 0) is 12.8 Å². The molecule has 104 valence electrons. The van der Waals surface area contributed by atoms with Crippen molar-refractivity contribution in [1.82, 2.24) is 5.32 Å². The van der Waals surface area contributed by atoms with Gasteiger partial charge in [0.2, 0.25) is 5.91 Å². The van der Waals surface area contributed by atoms with E-state index in [-0.39, 0.29) is 11.9 Å². The monoisotopic (exact) mass is 276 g/mol. The number of methoxy groups -OCH3 is 1. The van der Waals surface area contributed by atoms with Crippen LogP contribution < -0.4 is 11.1 Å². The van der Waals surface area contributed by atoms with Gasteiger partial charge in [-0.2, -0.15) is 0 Å². The van der Waals surface area contributed by atoms with Gasteiger partial charge in [0.05, 0.1) is 12.9 Å². The molecule has 0 aromatic rings. The van der Waals surface area contributed by atoms with Crippen LogP contribution in [0, 0.1) is 0 Å². The average molecular weight is 276 g/mol. The van der Waals surface area contributed by atoms with Crippen molar-refractivity contribution in [3.05, 3.63) is 0 Å². The van der Waals surface area contributed by atoms with Crippen LogP contribution in [0.15, 0.2) is 0 Å². The van der Waals surface area contributed by atoms with Crippen LogP contribution in [0.3, 0.4) is 0 Å². The van der Waals surface area contributed by atoms with E-state index in [0.717, 1.165) is 12.8 Å². The maximum atomic E-state index is 11.6. The summed E-state index contributed by atoms with van der Waals surface area (Å²) in [7, 11) is 1.30. The van der Waals surface area contributed by atoms with E-state index in [2.05, 4.69) is 10.1 Å². The van der Waals surface area contributed by atoms with E-state index < -0.39 is 12.0 Å². The molecule has 1 atom stereocenters. The molecule has 1 aliphatic rings. The topological polar surface area (TPSA) is 90.7 Å². The Balaban J connectivity index is 2.11. The Labute approximate surface area is 111 Å². The Bertz CT molecular complexity index is 282. The number of hydrogen-bond donors (Lipinski definition) is 2. The number of nitrogens with one attached hydrogen (secondary N) is 1. The van der Waals surface area contributed by atoms with Crippen molar-refractivity contribution in [3.63, 3.8) is 0 Å². The fraction of sp³-hybridized carbons (Fsp3) is 0.818. The van der Waals surface area contributed by atoms with E-state index in [0.29, 0.717) is 24.7 Å². The Hall–Kier alpha value is -0.790. The molecular weight excluding hydrogens is 256 g/mol. The van der Waals surface area contributed by atoms with Crippen LogP contribution in [0.1, 0.15) is 12.8 Å². The van der Waals surface area contributed by atoms with Crippen molar-refractivity contribution in [3.8, 4) is 0 Å². The minimum Gasteiger partial charge on any atom is -0.468 e. The molecule has 3 N–H and O–H groups in total. The van der Waals surface area contributed by atoms with E-state index in [1.54, 1.807) is 0 Å². The third kappa shape index (κ3) is 5.70. The first-order valence-corrected chi connectivity index (χ1v) is 7.07. The van der Waals surface area contributed by atoms with Gasteiger partial charge in [-0.3, -0.25) is 9.59 Å².